The van der Waals surface area contributed by atoms with Crippen LogP contribution in [0.2, 0.25) is 5.02 Å². The number of carbonyl (C=O) groups is 1. The van der Waals surface area contributed by atoms with Crippen LogP contribution in [0.3, 0.4) is 0 Å². The van der Waals surface area contributed by atoms with E-state index in [-0.39, 0.29) is 35.8 Å². The monoisotopic (exact) mass is 593 g/mol. The Morgan fingerprint density at radius 1 is 1.24 bits per heavy atom. The molecule has 0 radical (unpaired) electrons. The zero-order valence-electron chi connectivity index (χ0n) is 24.0. The zero-order chi connectivity index (χ0) is 29.8. The second kappa shape index (κ2) is 13.2. The number of carbonyl (C=O) groups excluding carboxylic acids is 1. The number of aromatic nitrogens is 3. The molecule has 222 valence electrons. The second-order valence-electron chi connectivity index (χ2n) is 11.1. The maximum atomic E-state index is 15.0. The minimum absolute atomic E-state index is 0.0343. The van der Waals surface area contributed by atoms with Crippen molar-refractivity contribution in [3.63, 3.8) is 0 Å². The zero-order valence-corrected chi connectivity index (χ0v) is 24.8. The molecule has 0 spiro atoms. The van der Waals surface area contributed by atoms with Crippen LogP contribution in [0.15, 0.2) is 53.6 Å². The molecule has 2 unspecified atom stereocenters. The number of amides is 1. The predicted molar refractivity (Wildman–Crippen MR) is 163 cm³/mol. The number of rotatable bonds is 10. The summed E-state index contributed by atoms with van der Waals surface area (Å²) in [5.41, 5.74) is 11.5. The SMILES string of the molecule is COCCCn1c(C2CCCN(C(=O)CC(N)Cc3ccc(-c4cnc(=O)[nH]c4)cc3)C2)c(C)c2c(F)ccc(Cl)c21. The van der Waals surface area contributed by atoms with Crippen LogP contribution in [0.4, 0.5) is 4.39 Å². The van der Waals surface area contributed by atoms with E-state index in [4.69, 9.17) is 22.1 Å². The molecule has 3 heterocycles. The summed E-state index contributed by atoms with van der Waals surface area (Å²) in [5.74, 6) is -0.178. The number of H-pyrrole nitrogens is 1. The molecule has 42 heavy (non-hydrogen) atoms. The van der Waals surface area contributed by atoms with Gasteiger partial charge in [-0.3, -0.25) is 4.79 Å². The van der Waals surface area contributed by atoms with Gasteiger partial charge in [-0.2, -0.15) is 0 Å². The molecule has 0 saturated carbocycles. The third-order valence-corrected chi connectivity index (χ3v) is 8.49. The quantitative estimate of drug-likeness (QED) is 0.246. The van der Waals surface area contributed by atoms with Crippen molar-refractivity contribution in [1.29, 1.82) is 0 Å². The fraction of sp³-hybridized carbons (Fsp3) is 0.406. The van der Waals surface area contributed by atoms with E-state index in [2.05, 4.69) is 14.5 Å². The third-order valence-electron chi connectivity index (χ3n) is 8.18. The first kappa shape index (κ1) is 29.9. The molecule has 1 aliphatic heterocycles. The topological polar surface area (TPSA) is 106 Å². The van der Waals surface area contributed by atoms with Crippen molar-refractivity contribution in [2.45, 2.75) is 57.5 Å². The van der Waals surface area contributed by atoms with Gasteiger partial charge in [0.25, 0.3) is 0 Å². The van der Waals surface area contributed by atoms with Crippen LogP contribution in [0.25, 0.3) is 22.0 Å². The summed E-state index contributed by atoms with van der Waals surface area (Å²) in [5, 5.41) is 1.08. The predicted octanol–water partition coefficient (Wildman–Crippen LogP) is 5.20. The number of piperidine rings is 1. The molecule has 8 nitrogen and oxygen atoms in total. The largest absolute Gasteiger partial charge is 0.385 e. The van der Waals surface area contributed by atoms with Gasteiger partial charge in [0.1, 0.15) is 5.82 Å². The highest BCUT2D eigenvalue weighted by Crippen LogP contribution is 2.39. The van der Waals surface area contributed by atoms with Gasteiger partial charge in [-0.05, 0) is 61.4 Å². The summed E-state index contributed by atoms with van der Waals surface area (Å²) in [7, 11) is 1.67. The van der Waals surface area contributed by atoms with Gasteiger partial charge in [0.2, 0.25) is 5.91 Å². The van der Waals surface area contributed by atoms with Gasteiger partial charge < -0.3 is 24.9 Å². The Balaban J connectivity index is 1.28. The summed E-state index contributed by atoms with van der Waals surface area (Å²) < 4.78 is 22.5. The molecule has 2 atom stereocenters. The third kappa shape index (κ3) is 6.43. The lowest BCUT2D eigenvalue weighted by atomic mass is 9.91. The molecular weight excluding hydrogens is 557 g/mol. The molecule has 1 aliphatic rings. The molecule has 5 rings (SSSR count). The first-order chi connectivity index (χ1) is 20.3. The van der Waals surface area contributed by atoms with Crippen LogP contribution in [0, 0.1) is 12.7 Å². The van der Waals surface area contributed by atoms with E-state index in [9.17, 15) is 9.59 Å². The Hall–Kier alpha value is -3.53. The average molecular weight is 594 g/mol. The number of hydrogen-bond acceptors (Lipinski definition) is 5. The Morgan fingerprint density at radius 3 is 2.74 bits per heavy atom. The van der Waals surface area contributed by atoms with Crippen LogP contribution in [-0.2, 0) is 22.5 Å². The number of halogens is 2. The Bertz CT molecular complexity index is 1600. The number of nitrogens with one attached hydrogen (secondary N) is 1. The van der Waals surface area contributed by atoms with E-state index in [1.54, 1.807) is 19.4 Å². The molecule has 1 fully saturated rings. The number of fused-ring (bicyclic) bond motifs is 1. The Morgan fingerprint density at radius 2 is 2.02 bits per heavy atom. The highest BCUT2D eigenvalue weighted by Gasteiger charge is 2.31. The molecule has 2 aromatic heterocycles. The van der Waals surface area contributed by atoms with Crippen LogP contribution >= 0.6 is 11.6 Å². The van der Waals surface area contributed by atoms with E-state index in [1.807, 2.05) is 36.1 Å². The number of benzene rings is 2. The summed E-state index contributed by atoms with van der Waals surface area (Å²) in [4.78, 5) is 32.9. The van der Waals surface area contributed by atoms with E-state index >= 15 is 4.39 Å². The van der Waals surface area contributed by atoms with Gasteiger partial charge in [-0.1, -0.05) is 35.9 Å². The summed E-state index contributed by atoms with van der Waals surface area (Å²) in [6.45, 7) is 4.45. The summed E-state index contributed by atoms with van der Waals surface area (Å²) >= 11 is 6.61. The number of aromatic amines is 1. The maximum Gasteiger partial charge on any atom is 0.344 e. The molecule has 4 aromatic rings. The van der Waals surface area contributed by atoms with Crippen molar-refractivity contribution < 1.29 is 13.9 Å². The van der Waals surface area contributed by atoms with Crippen LogP contribution in [-0.4, -0.2) is 58.2 Å². The van der Waals surface area contributed by atoms with Crippen LogP contribution in [0.1, 0.15) is 48.4 Å². The average Bonchev–Trinajstić information content (AvgIpc) is 3.29. The van der Waals surface area contributed by atoms with Crippen LogP contribution < -0.4 is 11.4 Å². The van der Waals surface area contributed by atoms with E-state index in [0.717, 1.165) is 47.2 Å². The van der Waals surface area contributed by atoms with E-state index in [0.29, 0.717) is 48.6 Å². The van der Waals surface area contributed by atoms with Crippen molar-refractivity contribution in [3.05, 3.63) is 86.9 Å². The number of nitrogens with zero attached hydrogens (tertiary/aromatic N) is 3. The minimum Gasteiger partial charge on any atom is -0.385 e. The summed E-state index contributed by atoms with van der Waals surface area (Å²) in [6, 6.07) is 10.6. The van der Waals surface area contributed by atoms with Crippen molar-refractivity contribution in [1.82, 2.24) is 19.4 Å². The van der Waals surface area contributed by atoms with Gasteiger partial charge in [0, 0.05) is 80.8 Å². The smallest absolute Gasteiger partial charge is 0.344 e. The van der Waals surface area contributed by atoms with E-state index < -0.39 is 0 Å². The summed E-state index contributed by atoms with van der Waals surface area (Å²) in [6.07, 6.45) is 6.52. The molecule has 0 bridgehead atoms. The Kier molecular flexibility index (Phi) is 9.40. The number of likely N-dealkylation sites (tertiary alicyclic amines) is 1. The van der Waals surface area contributed by atoms with Crippen molar-refractivity contribution in [2.75, 3.05) is 26.8 Å². The number of aryl methyl sites for hydroxylation is 2. The number of hydrogen-bond donors (Lipinski definition) is 2. The second-order valence-corrected chi connectivity index (χ2v) is 11.5. The first-order valence-corrected chi connectivity index (χ1v) is 14.8. The van der Waals surface area contributed by atoms with Gasteiger partial charge >= 0.3 is 5.69 Å². The molecule has 1 saturated heterocycles. The number of methoxy groups -OCH3 is 1. The van der Waals surface area contributed by atoms with E-state index in [1.165, 1.54) is 12.3 Å². The lowest BCUT2D eigenvalue weighted by Gasteiger charge is -2.34. The normalized spacial score (nSPS) is 16.2. The molecule has 1 amide bonds. The minimum atomic E-state index is -0.385. The first-order valence-electron chi connectivity index (χ1n) is 14.4. The van der Waals surface area contributed by atoms with Crippen molar-refractivity contribution in [2.24, 2.45) is 5.73 Å². The number of nitrogens with two attached hydrogens (primary N) is 1. The molecular formula is C32H37ClFN5O3. The lowest BCUT2D eigenvalue weighted by molar-refractivity contribution is -0.132. The Labute approximate surface area is 249 Å². The molecule has 2 aromatic carbocycles. The molecule has 3 N–H and O–H groups in total. The maximum absolute atomic E-state index is 15.0. The van der Waals surface area contributed by atoms with Crippen LogP contribution in [0.5, 0.6) is 0 Å². The molecule has 10 heteroatoms. The van der Waals surface area contributed by atoms with Gasteiger partial charge in [-0.15, -0.1) is 0 Å². The van der Waals surface area contributed by atoms with Gasteiger partial charge in [0.15, 0.2) is 0 Å². The van der Waals surface area contributed by atoms with Gasteiger partial charge in [0.05, 0.1) is 10.5 Å². The standard InChI is InChI=1S/C32H37ClFN5O3/c1-20-29-27(34)11-10-26(33)31(29)39(13-4-14-42-2)30(20)23-5-3-12-38(19-23)28(40)16-25(35)15-21-6-8-22(9-7-21)24-17-36-32(41)37-18-24/h6-11,17-18,23,25H,3-5,12-16,19,35H2,1-2H3,(H,36,37,41). The highest BCUT2D eigenvalue weighted by atomic mass is 35.5. The highest BCUT2D eigenvalue weighted by molar-refractivity contribution is 6.35. The molecule has 0 aliphatic carbocycles. The lowest BCUT2D eigenvalue weighted by Crippen LogP contribution is -2.42. The van der Waals surface area contributed by atoms with Crippen molar-refractivity contribution in [3.8, 4) is 11.1 Å². The fourth-order valence-corrected chi connectivity index (χ4v) is 6.49. The van der Waals surface area contributed by atoms with Crippen molar-refractivity contribution >= 4 is 28.4 Å². The van der Waals surface area contributed by atoms with Gasteiger partial charge in [-0.25, -0.2) is 14.2 Å². The number of ether oxygens (including phenoxy) is 1. The fourth-order valence-electron chi connectivity index (χ4n) is 6.23.